The van der Waals surface area contributed by atoms with Crippen molar-refractivity contribution in [1.29, 1.82) is 0 Å². The van der Waals surface area contributed by atoms with Crippen LogP contribution in [0.3, 0.4) is 0 Å². The molecule has 0 radical (unpaired) electrons. The number of nitrogens with zero attached hydrogens (tertiary/aromatic N) is 4. The van der Waals surface area contributed by atoms with Gasteiger partial charge in [0.1, 0.15) is 11.5 Å². The summed E-state index contributed by atoms with van der Waals surface area (Å²) in [5.74, 6) is -3.16. The number of halogens is 2. The van der Waals surface area contributed by atoms with Crippen molar-refractivity contribution in [3.63, 3.8) is 0 Å². The Labute approximate surface area is 227 Å². The highest BCUT2D eigenvalue weighted by Gasteiger charge is 2.45. The second-order valence-corrected chi connectivity index (χ2v) is 13.4. The molecule has 5 rings (SSSR count). The summed E-state index contributed by atoms with van der Waals surface area (Å²) in [7, 11) is -1.88. The van der Waals surface area contributed by atoms with E-state index in [9.17, 15) is 22.0 Å². The maximum absolute atomic E-state index is 14.3. The smallest absolute Gasteiger partial charge is 0.251 e. The van der Waals surface area contributed by atoms with Crippen LogP contribution in [0.1, 0.15) is 25.7 Å². The number of thiophene rings is 1. The molecule has 12 heteroatoms. The molecule has 210 valence electrons. The number of piperidine rings is 2. The normalized spacial score (nSPS) is 24.7. The van der Waals surface area contributed by atoms with Crippen molar-refractivity contribution in [3.8, 4) is 0 Å². The summed E-state index contributed by atoms with van der Waals surface area (Å²) in [5, 5.41) is 2.16. The van der Waals surface area contributed by atoms with Gasteiger partial charge in [0.2, 0.25) is 15.9 Å². The third-order valence-corrected chi connectivity index (χ3v) is 11.2. The molecule has 3 saturated heterocycles. The van der Waals surface area contributed by atoms with Gasteiger partial charge in [-0.05, 0) is 26.0 Å². The predicted octanol–water partition coefficient (Wildman–Crippen LogP) is 2.94. The molecule has 0 spiro atoms. The Hall–Kier alpha value is -1.70. The number of hydrogen-bond acceptors (Lipinski definition) is 7. The molecule has 0 aliphatic carbocycles. The Morgan fingerprint density at radius 3 is 2.53 bits per heavy atom. The van der Waals surface area contributed by atoms with Gasteiger partial charge >= 0.3 is 0 Å². The van der Waals surface area contributed by atoms with E-state index >= 15 is 0 Å². The van der Waals surface area contributed by atoms with E-state index in [2.05, 4.69) is 16.8 Å². The molecule has 3 aliphatic rings. The van der Waals surface area contributed by atoms with Gasteiger partial charge < -0.3 is 14.5 Å². The fourth-order valence-corrected chi connectivity index (χ4v) is 8.87. The minimum Gasteiger partial charge on any atom is -0.370 e. The Balaban J connectivity index is 1.17. The number of benzene rings is 1. The van der Waals surface area contributed by atoms with Crippen LogP contribution >= 0.6 is 11.3 Å². The quantitative estimate of drug-likeness (QED) is 0.510. The number of piperazine rings is 1. The van der Waals surface area contributed by atoms with Gasteiger partial charge in [0.15, 0.2) is 0 Å². The van der Waals surface area contributed by atoms with Gasteiger partial charge in [0.25, 0.3) is 5.92 Å². The number of ether oxygens (including phenoxy) is 1. The molecule has 0 N–H and O–H groups in total. The van der Waals surface area contributed by atoms with E-state index in [1.54, 1.807) is 22.4 Å². The van der Waals surface area contributed by atoms with Crippen molar-refractivity contribution >= 4 is 37.4 Å². The summed E-state index contributed by atoms with van der Waals surface area (Å²) < 4.78 is 63.4. The van der Waals surface area contributed by atoms with Gasteiger partial charge in [0.05, 0.1) is 12.6 Å². The minimum absolute atomic E-state index is 0.132. The lowest BCUT2D eigenvalue weighted by atomic mass is 10.0. The van der Waals surface area contributed by atoms with E-state index in [0.29, 0.717) is 24.5 Å². The number of amides is 1. The summed E-state index contributed by atoms with van der Waals surface area (Å²) >= 11 is 1.31. The van der Waals surface area contributed by atoms with E-state index in [1.807, 2.05) is 12.1 Å². The molecule has 4 heterocycles. The van der Waals surface area contributed by atoms with Gasteiger partial charge in [-0.1, -0.05) is 18.2 Å². The first-order chi connectivity index (χ1) is 18.1. The number of fused-ring (bicyclic) bond motifs is 1. The number of rotatable bonds is 7. The summed E-state index contributed by atoms with van der Waals surface area (Å²) in [6, 6.07) is 6.60. The molecule has 0 bridgehead atoms. The third-order valence-electron chi connectivity index (χ3n) is 8.08. The molecule has 3 aliphatic heterocycles. The van der Waals surface area contributed by atoms with Crippen LogP contribution in [-0.4, -0.2) is 117 Å². The highest BCUT2D eigenvalue weighted by atomic mass is 32.2. The number of likely N-dealkylation sites (tertiary alicyclic amines) is 1. The number of hydrogen-bond donors (Lipinski definition) is 0. The van der Waals surface area contributed by atoms with Crippen molar-refractivity contribution in [2.75, 3.05) is 66.1 Å². The zero-order valence-electron chi connectivity index (χ0n) is 21.7. The summed E-state index contributed by atoms with van der Waals surface area (Å²) in [6.45, 7) is 4.72. The maximum Gasteiger partial charge on any atom is 0.251 e. The first kappa shape index (κ1) is 27.9. The topological polar surface area (TPSA) is 73.4 Å². The maximum atomic E-state index is 14.3. The number of sulfonamides is 1. The molecule has 3 fully saturated rings. The van der Waals surface area contributed by atoms with Crippen molar-refractivity contribution in [3.05, 3.63) is 29.6 Å². The number of carbonyl (C=O) groups is 1. The van der Waals surface area contributed by atoms with Crippen LogP contribution in [0.4, 0.5) is 8.78 Å². The van der Waals surface area contributed by atoms with E-state index < -0.39 is 34.8 Å². The highest BCUT2D eigenvalue weighted by molar-refractivity contribution is 7.89. The predicted molar refractivity (Wildman–Crippen MR) is 143 cm³/mol. The number of carbonyl (C=O) groups excluding carboxylic acids is 1. The van der Waals surface area contributed by atoms with Crippen molar-refractivity contribution in [2.45, 2.75) is 48.6 Å². The van der Waals surface area contributed by atoms with Crippen LogP contribution in [0.25, 0.3) is 10.1 Å². The Bertz CT molecular complexity index is 1220. The standard InChI is InChI=1S/C26H36F2N4O4S2/c1-29-12-14-30(15-13-29)20-6-9-31(10-7-20)25(33)18-36-17-21-16-26(27,28)8-11-32(21)38(34,35)24-19-37-23-5-3-2-4-22(23)24/h2-5,19-21H,6-18H2,1H3/t21-/m0/s1. The largest absolute Gasteiger partial charge is 0.370 e. The van der Waals surface area contributed by atoms with Gasteiger partial charge in [-0.15, -0.1) is 11.3 Å². The van der Waals surface area contributed by atoms with Crippen LogP contribution in [0, 0.1) is 0 Å². The molecular formula is C26H36F2N4O4S2. The molecule has 1 aromatic carbocycles. The molecule has 0 saturated carbocycles. The number of likely N-dealkylation sites (N-methyl/N-ethyl adjacent to an activating group) is 1. The van der Waals surface area contributed by atoms with Crippen molar-refractivity contribution in [2.24, 2.45) is 0 Å². The van der Waals surface area contributed by atoms with Gasteiger partial charge in [-0.3, -0.25) is 9.69 Å². The van der Waals surface area contributed by atoms with Crippen LogP contribution in [0.5, 0.6) is 0 Å². The van der Waals surface area contributed by atoms with E-state index in [-0.39, 0.29) is 30.6 Å². The zero-order chi connectivity index (χ0) is 26.9. The van der Waals surface area contributed by atoms with Gasteiger partial charge in [-0.25, -0.2) is 17.2 Å². The minimum atomic E-state index is -4.01. The van der Waals surface area contributed by atoms with Crippen molar-refractivity contribution < 1.29 is 26.7 Å². The average molecular weight is 571 g/mol. The molecule has 0 unspecified atom stereocenters. The molecule has 38 heavy (non-hydrogen) atoms. The molecule has 1 amide bonds. The third kappa shape index (κ3) is 6.05. The SMILES string of the molecule is CN1CCN(C2CCN(C(=O)COC[C@@H]3CC(F)(F)CCN3S(=O)(=O)c3csc4ccccc34)CC2)CC1. The first-order valence-electron chi connectivity index (χ1n) is 13.3. The van der Waals surface area contributed by atoms with Crippen LogP contribution in [0.2, 0.25) is 0 Å². The Morgan fingerprint density at radius 1 is 1.08 bits per heavy atom. The summed E-state index contributed by atoms with van der Waals surface area (Å²) in [5.41, 5.74) is 0. The van der Waals surface area contributed by atoms with Crippen LogP contribution in [0.15, 0.2) is 34.5 Å². The first-order valence-corrected chi connectivity index (χ1v) is 15.6. The van der Waals surface area contributed by atoms with Crippen LogP contribution in [-0.2, 0) is 19.6 Å². The molecular weight excluding hydrogens is 534 g/mol. The fourth-order valence-electron chi connectivity index (χ4n) is 5.78. The Kier molecular flexibility index (Phi) is 8.37. The van der Waals surface area contributed by atoms with Crippen molar-refractivity contribution in [1.82, 2.24) is 19.0 Å². The van der Waals surface area contributed by atoms with Gasteiger partial charge in [0, 0.05) is 80.2 Å². The molecule has 1 aromatic heterocycles. The average Bonchev–Trinajstić information content (AvgIpc) is 3.34. The second kappa shape index (κ2) is 11.4. The van der Waals surface area contributed by atoms with E-state index in [4.69, 9.17) is 4.74 Å². The lowest BCUT2D eigenvalue weighted by Crippen LogP contribution is -2.53. The summed E-state index contributed by atoms with van der Waals surface area (Å²) in [6.07, 6.45) is 0.654. The summed E-state index contributed by atoms with van der Waals surface area (Å²) in [4.78, 5) is 19.5. The van der Waals surface area contributed by atoms with Crippen LogP contribution < -0.4 is 0 Å². The molecule has 1 atom stereocenters. The lowest BCUT2D eigenvalue weighted by Gasteiger charge is -2.42. The second-order valence-electron chi connectivity index (χ2n) is 10.6. The lowest BCUT2D eigenvalue weighted by molar-refractivity contribution is -0.139. The van der Waals surface area contributed by atoms with Gasteiger partial charge in [-0.2, -0.15) is 4.31 Å². The fraction of sp³-hybridized carbons (Fsp3) is 0.654. The number of alkyl halides is 2. The molecule has 2 aromatic rings. The van der Waals surface area contributed by atoms with E-state index in [1.165, 1.54) is 11.3 Å². The zero-order valence-corrected chi connectivity index (χ0v) is 23.4. The Morgan fingerprint density at radius 2 is 1.79 bits per heavy atom. The molecule has 8 nitrogen and oxygen atoms in total. The highest BCUT2D eigenvalue weighted by Crippen LogP contribution is 2.38. The van der Waals surface area contributed by atoms with E-state index in [0.717, 1.165) is 48.0 Å². The monoisotopic (exact) mass is 570 g/mol.